The zero-order valence-electron chi connectivity index (χ0n) is 14.3. The third-order valence-corrected chi connectivity index (χ3v) is 4.42. The topological polar surface area (TPSA) is 59.0 Å². The van der Waals surface area contributed by atoms with Crippen LogP contribution in [0, 0.1) is 5.82 Å². The van der Waals surface area contributed by atoms with E-state index in [2.05, 4.69) is 0 Å². The van der Waals surface area contributed by atoms with Crippen molar-refractivity contribution in [2.24, 2.45) is 0 Å². The number of rotatable bonds is 1. The van der Waals surface area contributed by atoms with Gasteiger partial charge in [-0.25, -0.2) is 9.18 Å². The van der Waals surface area contributed by atoms with Crippen LogP contribution in [0.1, 0.15) is 56.9 Å². The molecule has 0 radical (unpaired) electrons. The van der Waals surface area contributed by atoms with E-state index in [1.165, 1.54) is 12.1 Å². The molecule has 24 heavy (non-hydrogen) atoms. The molecule has 2 aliphatic rings. The molecule has 1 amide bonds. The van der Waals surface area contributed by atoms with Crippen LogP contribution in [0.15, 0.2) is 18.2 Å². The molecular formula is C18H24FNO4. The van der Waals surface area contributed by atoms with Gasteiger partial charge in [0.2, 0.25) is 0 Å². The third kappa shape index (κ3) is 3.39. The van der Waals surface area contributed by atoms with Crippen molar-refractivity contribution in [3.63, 3.8) is 0 Å². The fourth-order valence-corrected chi connectivity index (χ4v) is 3.44. The van der Waals surface area contributed by atoms with Crippen molar-refractivity contribution in [2.45, 2.75) is 57.5 Å². The second-order valence-electron chi connectivity index (χ2n) is 7.43. The van der Waals surface area contributed by atoms with Crippen LogP contribution in [0.25, 0.3) is 0 Å². The van der Waals surface area contributed by atoms with Crippen molar-refractivity contribution in [1.29, 1.82) is 0 Å². The maximum Gasteiger partial charge on any atom is 0.410 e. The van der Waals surface area contributed by atoms with E-state index in [0.717, 1.165) is 18.4 Å². The highest BCUT2D eigenvalue weighted by molar-refractivity contribution is 5.69. The molecule has 3 atom stereocenters. The average Bonchev–Trinajstić information content (AvgIpc) is 2.96. The van der Waals surface area contributed by atoms with Gasteiger partial charge in [-0.2, -0.15) is 0 Å². The van der Waals surface area contributed by atoms with Crippen molar-refractivity contribution in [3.8, 4) is 0 Å². The Morgan fingerprint density at radius 3 is 2.83 bits per heavy atom. The molecule has 1 unspecified atom stereocenters. The minimum Gasteiger partial charge on any atom is -0.444 e. The van der Waals surface area contributed by atoms with E-state index in [1.54, 1.807) is 11.0 Å². The van der Waals surface area contributed by atoms with Gasteiger partial charge in [-0.05, 0) is 56.9 Å². The highest BCUT2D eigenvalue weighted by Gasteiger charge is 2.41. The number of hydrogen-bond donors (Lipinski definition) is 1. The first kappa shape index (κ1) is 17.2. The van der Waals surface area contributed by atoms with Crippen LogP contribution in [0.4, 0.5) is 9.18 Å². The van der Waals surface area contributed by atoms with Crippen LogP contribution >= 0.6 is 0 Å². The highest BCUT2D eigenvalue weighted by Crippen LogP contribution is 2.40. The van der Waals surface area contributed by atoms with Crippen LogP contribution in [-0.2, 0) is 9.47 Å². The maximum absolute atomic E-state index is 13.5. The predicted octanol–water partition coefficient (Wildman–Crippen LogP) is 3.33. The summed E-state index contributed by atoms with van der Waals surface area (Å²) in [7, 11) is 0. The van der Waals surface area contributed by atoms with Crippen LogP contribution in [0.2, 0.25) is 0 Å². The third-order valence-electron chi connectivity index (χ3n) is 4.42. The number of hydrogen-bond acceptors (Lipinski definition) is 4. The van der Waals surface area contributed by atoms with Gasteiger partial charge in [0.15, 0.2) is 0 Å². The fourth-order valence-electron chi connectivity index (χ4n) is 3.44. The van der Waals surface area contributed by atoms with Gasteiger partial charge in [0.05, 0.1) is 12.6 Å². The normalized spacial score (nSPS) is 27.0. The summed E-state index contributed by atoms with van der Waals surface area (Å²) in [4.78, 5) is 14.2. The Morgan fingerprint density at radius 1 is 1.38 bits per heavy atom. The number of nitrogens with zero attached hydrogens (tertiary/aromatic N) is 1. The average molecular weight is 337 g/mol. The van der Waals surface area contributed by atoms with Crippen molar-refractivity contribution >= 4 is 6.09 Å². The molecule has 1 saturated heterocycles. The Bertz CT molecular complexity index is 628. The van der Waals surface area contributed by atoms with Gasteiger partial charge in [0.25, 0.3) is 0 Å². The molecule has 0 bridgehead atoms. The van der Waals surface area contributed by atoms with Crippen LogP contribution in [0.5, 0.6) is 0 Å². The molecule has 5 nitrogen and oxygen atoms in total. The fraction of sp³-hybridized carbons (Fsp3) is 0.611. The zero-order valence-corrected chi connectivity index (χ0v) is 14.3. The monoisotopic (exact) mass is 337 g/mol. The molecule has 1 aromatic rings. The number of likely N-dealkylation sites (tertiary alicyclic amines) is 1. The Labute approximate surface area is 141 Å². The summed E-state index contributed by atoms with van der Waals surface area (Å²) >= 11 is 0. The number of halogens is 1. The van der Waals surface area contributed by atoms with E-state index in [0.29, 0.717) is 12.1 Å². The number of benzene rings is 1. The van der Waals surface area contributed by atoms with Crippen LogP contribution in [0.3, 0.4) is 0 Å². The number of fused-ring (bicyclic) bond motifs is 1. The SMILES string of the molecule is CC(C)(C)OC(=O)N1CCC[C@H]1[C@@H]1OCC(O)c2cc(F)ccc21. The number of ether oxygens (including phenoxy) is 2. The Hall–Kier alpha value is -1.66. The lowest BCUT2D eigenvalue weighted by molar-refractivity contribution is -0.0641. The quantitative estimate of drug-likeness (QED) is 0.854. The first-order valence-corrected chi connectivity index (χ1v) is 8.35. The van der Waals surface area contributed by atoms with Crippen molar-refractivity contribution in [3.05, 3.63) is 35.1 Å². The first-order valence-electron chi connectivity index (χ1n) is 8.35. The molecule has 1 fully saturated rings. The minimum atomic E-state index is -0.844. The maximum atomic E-state index is 13.5. The molecule has 2 aliphatic heterocycles. The van der Waals surface area contributed by atoms with Gasteiger partial charge in [-0.15, -0.1) is 0 Å². The van der Waals surface area contributed by atoms with Gasteiger partial charge < -0.3 is 19.5 Å². The minimum absolute atomic E-state index is 0.0970. The Kier molecular flexibility index (Phi) is 4.53. The zero-order chi connectivity index (χ0) is 17.5. The van der Waals surface area contributed by atoms with Gasteiger partial charge in [0.1, 0.15) is 23.6 Å². The smallest absolute Gasteiger partial charge is 0.410 e. The second kappa shape index (κ2) is 6.33. The summed E-state index contributed by atoms with van der Waals surface area (Å²) in [5.41, 5.74) is 0.729. The van der Waals surface area contributed by atoms with E-state index >= 15 is 0 Å². The molecule has 6 heteroatoms. The number of carbonyl (C=O) groups is 1. The van der Waals surface area contributed by atoms with Crippen molar-refractivity contribution in [1.82, 2.24) is 4.90 Å². The molecule has 1 aromatic carbocycles. The summed E-state index contributed by atoms with van der Waals surface area (Å²) in [6.45, 7) is 6.21. The van der Waals surface area contributed by atoms with Gasteiger partial charge >= 0.3 is 6.09 Å². The molecular weight excluding hydrogens is 313 g/mol. The van der Waals surface area contributed by atoms with E-state index in [1.807, 2.05) is 20.8 Å². The lowest BCUT2D eigenvalue weighted by Gasteiger charge is -2.37. The standard InChI is InChI=1S/C18H24FNO4/c1-18(2,3)24-17(22)20-8-4-5-14(20)16-12-7-6-11(19)9-13(12)15(21)10-23-16/h6-7,9,14-16,21H,4-5,8,10H2,1-3H3/t14-,15?,16+/m0/s1. The van der Waals surface area contributed by atoms with E-state index in [9.17, 15) is 14.3 Å². The summed E-state index contributed by atoms with van der Waals surface area (Å²) in [5, 5.41) is 10.1. The lowest BCUT2D eigenvalue weighted by Crippen LogP contribution is -2.44. The van der Waals surface area contributed by atoms with E-state index < -0.39 is 11.7 Å². The van der Waals surface area contributed by atoms with Gasteiger partial charge in [-0.3, -0.25) is 0 Å². The molecule has 132 valence electrons. The molecule has 0 aromatic heterocycles. The summed E-state index contributed by atoms with van der Waals surface area (Å²) < 4.78 is 24.8. The summed E-state index contributed by atoms with van der Waals surface area (Å²) in [6, 6.07) is 4.18. The number of carbonyl (C=O) groups excluding carboxylic acids is 1. The molecule has 1 N–H and O–H groups in total. The van der Waals surface area contributed by atoms with Crippen molar-refractivity contribution in [2.75, 3.05) is 13.2 Å². The van der Waals surface area contributed by atoms with Crippen LogP contribution < -0.4 is 0 Å². The van der Waals surface area contributed by atoms with Crippen molar-refractivity contribution < 1.29 is 23.8 Å². The number of amides is 1. The molecule has 2 heterocycles. The van der Waals surface area contributed by atoms with Gasteiger partial charge in [0, 0.05) is 6.54 Å². The molecule has 3 rings (SSSR count). The largest absolute Gasteiger partial charge is 0.444 e. The molecule has 0 spiro atoms. The Morgan fingerprint density at radius 2 is 2.12 bits per heavy atom. The van der Waals surface area contributed by atoms with E-state index in [-0.39, 0.29) is 30.7 Å². The highest BCUT2D eigenvalue weighted by atomic mass is 19.1. The predicted molar refractivity (Wildman–Crippen MR) is 86.0 cm³/mol. The Balaban J connectivity index is 1.86. The number of aliphatic hydroxyl groups excluding tert-OH is 1. The first-order chi connectivity index (χ1) is 11.3. The summed E-state index contributed by atoms with van der Waals surface area (Å²) in [5.74, 6) is -0.385. The van der Waals surface area contributed by atoms with Crippen LogP contribution in [-0.4, -0.2) is 40.9 Å². The lowest BCUT2D eigenvalue weighted by atomic mass is 9.91. The van der Waals surface area contributed by atoms with E-state index in [4.69, 9.17) is 9.47 Å². The van der Waals surface area contributed by atoms with Gasteiger partial charge in [-0.1, -0.05) is 6.07 Å². The second-order valence-corrected chi connectivity index (χ2v) is 7.43. The molecule has 0 saturated carbocycles. The molecule has 0 aliphatic carbocycles. The number of aliphatic hydroxyl groups is 1. The summed E-state index contributed by atoms with van der Waals surface area (Å²) in [6.07, 6.45) is 0.0744.